The summed E-state index contributed by atoms with van der Waals surface area (Å²) in [4.78, 5) is 7.60. The number of aromatic nitrogens is 2. The Morgan fingerprint density at radius 1 is 1.38 bits per heavy atom. The quantitative estimate of drug-likeness (QED) is 0.693. The number of nitrogens with zero attached hydrogens (tertiary/aromatic N) is 3. The van der Waals surface area contributed by atoms with E-state index in [1.54, 1.807) is 0 Å². The number of nitrogens with one attached hydrogen (secondary N) is 1. The maximum atomic E-state index is 13.3. The Bertz CT molecular complexity index is 841. The predicted molar refractivity (Wildman–Crippen MR) is 96.0 cm³/mol. The molecule has 0 spiro atoms. The number of sulfonamides is 1. The Labute approximate surface area is 166 Å². The van der Waals surface area contributed by atoms with Crippen LogP contribution in [0.25, 0.3) is 0 Å². The molecule has 1 aromatic heterocycles. The van der Waals surface area contributed by atoms with Gasteiger partial charge in [0.15, 0.2) is 6.10 Å². The standard InChI is InChI=1S/C16H23F3N4O5S/c1-15(24)9-27-8-12(15)28-13-11(16(17,18)19)7-20-14(22-13)21-10-3-5-23(6-4-10)29(2,25)26/h7,10,12,24H,3-6,8-9H2,1-2H3,(H,20,21,22)/t12-,15+/m0/s1. The lowest BCUT2D eigenvalue weighted by Gasteiger charge is -2.30. The highest BCUT2D eigenvalue weighted by molar-refractivity contribution is 7.88. The molecule has 0 saturated carbocycles. The second-order valence-electron chi connectivity index (χ2n) is 7.47. The molecular formula is C16H23F3N4O5S. The van der Waals surface area contributed by atoms with E-state index in [-0.39, 0.29) is 25.2 Å². The average Bonchev–Trinajstić information content (AvgIpc) is 2.92. The van der Waals surface area contributed by atoms with Gasteiger partial charge in [-0.3, -0.25) is 0 Å². The molecular weight excluding hydrogens is 417 g/mol. The van der Waals surface area contributed by atoms with Gasteiger partial charge in [0.25, 0.3) is 0 Å². The molecule has 2 aliphatic rings. The molecule has 0 bridgehead atoms. The van der Waals surface area contributed by atoms with Gasteiger partial charge in [0.05, 0.1) is 19.5 Å². The fourth-order valence-electron chi connectivity index (χ4n) is 3.18. The van der Waals surface area contributed by atoms with E-state index in [0.717, 1.165) is 6.26 Å². The summed E-state index contributed by atoms with van der Waals surface area (Å²) in [5.74, 6) is -0.760. The summed E-state index contributed by atoms with van der Waals surface area (Å²) in [6.45, 7) is 1.87. The van der Waals surface area contributed by atoms with Crippen LogP contribution in [0, 0.1) is 0 Å². The SMILES string of the molecule is C[C@@]1(O)COC[C@@H]1Oc1nc(NC2CCN(S(C)(=O)=O)CC2)ncc1C(F)(F)F. The predicted octanol–water partition coefficient (Wildman–Crippen LogP) is 0.860. The van der Waals surface area contributed by atoms with Crippen molar-refractivity contribution in [3.63, 3.8) is 0 Å². The Balaban J connectivity index is 1.75. The second-order valence-corrected chi connectivity index (χ2v) is 9.45. The van der Waals surface area contributed by atoms with Crippen LogP contribution in [0.15, 0.2) is 6.20 Å². The molecule has 0 radical (unpaired) electrons. The molecule has 0 aromatic carbocycles. The fourth-order valence-corrected chi connectivity index (χ4v) is 4.05. The Kier molecular flexibility index (Phi) is 5.96. The molecule has 0 amide bonds. The van der Waals surface area contributed by atoms with Crippen molar-refractivity contribution in [1.82, 2.24) is 14.3 Å². The van der Waals surface area contributed by atoms with Crippen molar-refractivity contribution in [2.24, 2.45) is 0 Å². The molecule has 0 unspecified atom stereocenters. The van der Waals surface area contributed by atoms with E-state index in [4.69, 9.17) is 9.47 Å². The molecule has 13 heteroatoms. The highest BCUT2D eigenvalue weighted by Gasteiger charge is 2.43. The minimum Gasteiger partial charge on any atom is -0.468 e. The Morgan fingerprint density at radius 3 is 2.55 bits per heavy atom. The van der Waals surface area contributed by atoms with Crippen LogP contribution >= 0.6 is 0 Å². The van der Waals surface area contributed by atoms with Crippen LogP contribution in [-0.2, 0) is 20.9 Å². The van der Waals surface area contributed by atoms with Crippen LogP contribution in [0.4, 0.5) is 19.1 Å². The van der Waals surface area contributed by atoms with Gasteiger partial charge in [-0.1, -0.05) is 0 Å². The number of ether oxygens (including phenoxy) is 2. The van der Waals surface area contributed by atoms with Crippen LogP contribution < -0.4 is 10.1 Å². The largest absolute Gasteiger partial charge is 0.468 e. The van der Waals surface area contributed by atoms with Gasteiger partial charge in [0.2, 0.25) is 21.9 Å². The highest BCUT2D eigenvalue weighted by atomic mass is 32.2. The Hall–Kier alpha value is -1.70. The van der Waals surface area contributed by atoms with Gasteiger partial charge in [-0.05, 0) is 19.8 Å². The first-order chi connectivity index (χ1) is 13.4. The lowest BCUT2D eigenvalue weighted by Crippen LogP contribution is -2.42. The van der Waals surface area contributed by atoms with Gasteiger partial charge in [-0.25, -0.2) is 17.7 Å². The van der Waals surface area contributed by atoms with Crippen molar-refractivity contribution in [3.05, 3.63) is 11.8 Å². The zero-order chi connectivity index (χ0) is 21.4. The molecule has 3 heterocycles. The third kappa shape index (κ3) is 5.27. The summed E-state index contributed by atoms with van der Waals surface area (Å²) in [7, 11) is -3.28. The summed E-state index contributed by atoms with van der Waals surface area (Å²) in [5, 5.41) is 13.1. The van der Waals surface area contributed by atoms with Crippen molar-refractivity contribution in [2.75, 3.05) is 37.9 Å². The molecule has 3 rings (SSSR count). The molecule has 164 valence electrons. The van der Waals surface area contributed by atoms with Crippen LogP contribution in [-0.4, -0.2) is 78.1 Å². The van der Waals surface area contributed by atoms with Crippen LogP contribution in [0.2, 0.25) is 0 Å². The van der Waals surface area contributed by atoms with E-state index in [2.05, 4.69) is 15.3 Å². The first-order valence-electron chi connectivity index (χ1n) is 8.99. The van der Waals surface area contributed by atoms with E-state index >= 15 is 0 Å². The van der Waals surface area contributed by atoms with Gasteiger partial charge in [0, 0.05) is 25.3 Å². The summed E-state index contributed by atoms with van der Waals surface area (Å²) >= 11 is 0. The van der Waals surface area contributed by atoms with Gasteiger partial charge in [0.1, 0.15) is 11.2 Å². The van der Waals surface area contributed by atoms with E-state index < -0.39 is 39.3 Å². The molecule has 2 fully saturated rings. The van der Waals surface area contributed by atoms with E-state index in [0.29, 0.717) is 32.1 Å². The number of alkyl halides is 3. The van der Waals surface area contributed by atoms with Crippen molar-refractivity contribution in [2.45, 2.75) is 43.7 Å². The summed E-state index contributed by atoms with van der Waals surface area (Å²) in [6, 6.07) is -0.199. The molecule has 0 aliphatic carbocycles. The van der Waals surface area contributed by atoms with E-state index in [1.165, 1.54) is 11.2 Å². The summed E-state index contributed by atoms with van der Waals surface area (Å²) in [5.41, 5.74) is -2.60. The number of hydrogen-bond acceptors (Lipinski definition) is 8. The van der Waals surface area contributed by atoms with Gasteiger partial charge in [-0.2, -0.15) is 18.2 Å². The Morgan fingerprint density at radius 2 is 2.03 bits per heavy atom. The minimum absolute atomic E-state index is 0.0614. The monoisotopic (exact) mass is 440 g/mol. The normalized spacial score (nSPS) is 27.2. The van der Waals surface area contributed by atoms with Crippen molar-refractivity contribution < 1.29 is 36.2 Å². The number of anilines is 1. The second kappa shape index (κ2) is 7.85. The fraction of sp³-hybridized carbons (Fsp3) is 0.750. The topological polar surface area (TPSA) is 114 Å². The van der Waals surface area contributed by atoms with E-state index in [1.807, 2.05) is 0 Å². The molecule has 29 heavy (non-hydrogen) atoms. The molecule has 2 N–H and O–H groups in total. The number of rotatable bonds is 5. The van der Waals surface area contributed by atoms with Crippen LogP contribution in [0.5, 0.6) is 5.88 Å². The highest BCUT2D eigenvalue weighted by Crippen LogP contribution is 2.37. The molecule has 2 atom stereocenters. The summed E-state index contributed by atoms with van der Waals surface area (Å²) < 4.78 is 74.9. The average molecular weight is 440 g/mol. The number of piperidine rings is 1. The van der Waals surface area contributed by atoms with Crippen molar-refractivity contribution >= 4 is 16.0 Å². The maximum Gasteiger partial charge on any atom is 0.423 e. The third-order valence-electron chi connectivity index (χ3n) is 4.93. The van der Waals surface area contributed by atoms with Crippen LogP contribution in [0.1, 0.15) is 25.3 Å². The number of halogens is 3. The molecule has 9 nitrogen and oxygen atoms in total. The first kappa shape index (κ1) is 22.0. The van der Waals surface area contributed by atoms with Gasteiger partial charge < -0.3 is 19.9 Å². The van der Waals surface area contributed by atoms with Gasteiger partial charge in [-0.15, -0.1) is 0 Å². The zero-order valence-electron chi connectivity index (χ0n) is 15.9. The number of hydrogen-bond donors (Lipinski definition) is 2. The lowest BCUT2D eigenvalue weighted by atomic mass is 10.0. The minimum atomic E-state index is -4.74. The number of aliphatic hydroxyl groups is 1. The summed E-state index contributed by atoms with van der Waals surface area (Å²) in [6.07, 6.45) is -3.08. The first-order valence-corrected chi connectivity index (χ1v) is 10.8. The lowest BCUT2D eigenvalue weighted by molar-refractivity contribution is -0.140. The van der Waals surface area contributed by atoms with Crippen molar-refractivity contribution in [3.8, 4) is 5.88 Å². The van der Waals surface area contributed by atoms with E-state index in [9.17, 15) is 26.7 Å². The smallest absolute Gasteiger partial charge is 0.423 e. The van der Waals surface area contributed by atoms with Crippen molar-refractivity contribution in [1.29, 1.82) is 0 Å². The maximum absolute atomic E-state index is 13.3. The zero-order valence-corrected chi connectivity index (χ0v) is 16.8. The molecule has 1 aromatic rings. The third-order valence-corrected chi connectivity index (χ3v) is 6.23. The van der Waals surface area contributed by atoms with Crippen LogP contribution in [0.3, 0.4) is 0 Å². The molecule has 2 aliphatic heterocycles. The van der Waals surface area contributed by atoms with Gasteiger partial charge >= 0.3 is 6.18 Å². The molecule has 2 saturated heterocycles.